The highest BCUT2D eigenvalue weighted by Gasteiger charge is 2.26. The summed E-state index contributed by atoms with van der Waals surface area (Å²) in [6, 6.07) is 7.26. The molecule has 0 amide bonds. The molecule has 1 fully saturated rings. The van der Waals surface area contributed by atoms with Crippen molar-refractivity contribution in [3.8, 4) is 6.07 Å². The fourth-order valence-corrected chi connectivity index (χ4v) is 2.08. The summed E-state index contributed by atoms with van der Waals surface area (Å²) < 4.78 is 5.96. The molecule has 0 saturated carbocycles. The zero-order valence-corrected chi connectivity index (χ0v) is 10.1. The van der Waals surface area contributed by atoms with Crippen molar-refractivity contribution in [2.45, 2.75) is 12.1 Å². The molecule has 2 unspecified atom stereocenters. The molecule has 1 aliphatic heterocycles. The number of ether oxygens (including phenoxy) is 1. The quantitative estimate of drug-likeness (QED) is 0.863. The second kappa shape index (κ2) is 4.83. The SMILES string of the molecule is N#Cc1ccc(NC2COCC2O)c(Br)c1. The second-order valence-corrected chi connectivity index (χ2v) is 4.52. The van der Waals surface area contributed by atoms with E-state index in [9.17, 15) is 5.11 Å². The first-order valence-electron chi connectivity index (χ1n) is 4.92. The highest BCUT2D eigenvalue weighted by Crippen LogP contribution is 2.25. The number of nitrogens with zero attached hydrogens (tertiary/aromatic N) is 1. The van der Waals surface area contributed by atoms with Gasteiger partial charge in [0.2, 0.25) is 0 Å². The molecule has 16 heavy (non-hydrogen) atoms. The lowest BCUT2D eigenvalue weighted by Crippen LogP contribution is -2.31. The second-order valence-electron chi connectivity index (χ2n) is 3.66. The van der Waals surface area contributed by atoms with Crippen molar-refractivity contribution in [3.05, 3.63) is 28.2 Å². The fraction of sp³-hybridized carbons (Fsp3) is 0.364. The Morgan fingerprint density at radius 1 is 1.50 bits per heavy atom. The standard InChI is InChI=1S/C11H11BrN2O2/c12-8-3-7(4-13)1-2-9(8)14-10-5-16-6-11(10)15/h1-3,10-11,14-15H,5-6H2. The van der Waals surface area contributed by atoms with Crippen LogP contribution >= 0.6 is 15.9 Å². The van der Waals surface area contributed by atoms with Gasteiger partial charge >= 0.3 is 0 Å². The number of hydrogen-bond acceptors (Lipinski definition) is 4. The molecule has 0 spiro atoms. The number of aliphatic hydroxyl groups excluding tert-OH is 1. The van der Waals surface area contributed by atoms with E-state index in [0.717, 1.165) is 10.2 Å². The van der Waals surface area contributed by atoms with Gasteiger partial charge in [0.15, 0.2) is 0 Å². The molecule has 2 N–H and O–H groups in total. The van der Waals surface area contributed by atoms with Gasteiger partial charge < -0.3 is 15.2 Å². The van der Waals surface area contributed by atoms with Gasteiger partial charge in [-0.2, -0.15) is 5.26 Å². The fourth-order valence-electron chi connectivity index (χ4n) is 1.58. The largest absolute Gasteiger partial charge is 0.388 e. The molecular weight excluding hydrogens is 272 g/mol. The van der Waals surface area contributed by atoms with E-state index in [4.69, 9.17) is 10.00 Å². The molecule has 2 atom stereocenters. The van der Waals surface area contributed by atoms with E-state index in [0.29, 0.717) is 18.8 Å². The molecule has 2 rings (SSSR count). The topological polar surface area (TPSA) is 65.3 Å². The normalized spacial score (nSPS) is 24.1. The highest BCUT2D eigenvalue weighted by molar-refractivity contribution is 9.10. The van der Waals surface area contributed by atoms with E-state index in [1.54, 1.807) is 12.1 Å². The number of anilines is 1. The summed E-state index contributed by atoms with van der Waals surface area (Å²) in [6.45, 7) is 0.860. The number of aliphatic hydroxyl groups is 1. The Morgan fingerprint density at radius 2 is 2.31 bits per heavy atom. The van der Waals surface area contributed by atoms with Crippen molar-refractivity contribution < 1.29 is 9.84 Å². The number of benzene rings is 1. The molecule has 0 radical (unpaired) electrons. The predicted octanol–water partition coefficient (Wildman–Crippen LogP) is 1.49. The van der Waals surface area contributed by atoms with Crippen LogP contribution in [0.3, 0.4) is 0 Å². The monoisotopic (exact) mass is 282 g/mol. The summed E-state index contributed by atoms with van der Waals surface area (Å²) >= 11 is 3.38. The predicted molar refractivity (Wildman–Crippen MR) is 63.1 cm³/mol. The lowest BCUT2D eigenvalue weighted by Gasteiger charge is -2.17. The third-order valence-electron chi connectivity index (χ3n) is 2.49. The number of rotatable bonds is 2. The Morgan fingerprint density at radius 3 is 2.88 bits per heavy atom. The van der Waals surface area contributed by atoms with Crippen molar-refractivity contribution >= 4 is 21.6 Å². The molecule has 5 heteroatoms. The minimum Gasteiger partial charge on any atom is -0.388 e. The van der Waals surface area contributed by atoms with E-state index in [2.05, 4.69) is 27.3 Å². The van der Waals surface area contributed by atoms with Gasteiger partial charge in [0.1, 0.15) is 0 Å². The van der Waals surface area contributed by atoms with Crippen LogP contribution < -0.4 is 5.32 Å². The number of halogens is 1. The van der Waals surface area contributed by atoms with Crippen LogP contribution in [0, 0.1) is 11.3 Å². The number of hydrogen-bond donors (Lipinski definition) is 2. The van der Waals surface area contributed by atoms with Gasteiger partial charge in [-0.05, 0) is 34.1 Å². The van der Waals surface area contributed by atoms with Crippen molar-refractivity contribution in [1.82, 2.24) is 0 Å². The van der Waals surface area contributed by atoms with Crippen LogP contribution in [0.15, 0.2) is 22.7 Å². The van der Waals surface area contributed by atoms with Gasteiger partial charge in [-0.3, -0.25) is 0 Å². The molecule has 84 valence electrons. The molecule has 1 heterocycles. The van der Waals surface area contributed by atoms with Crippen LogP contribution in [0.4, 0.5) is 5.69 Å². The molecule has 1 aliphatic rings. The van der Waals surface area contributed by atoms with E-state index in [1.807, 2.05) is 6.07 Å². The van der Waals surface area contributed by atoms with Gasteiger partial charge in [0.25, 0.3) is 0 Å². The summed E-state index contributed by atoms with van der Waals surface area (Å²) in [5.41, 5.74) is 1.45. The number of nitriles is 1. The Kier molecular flexibility index (Phi) is 3.44. The minimum atomic E-state index is -0.484. The summed E-state index contributed by atoms with van der Waals surface area (Å²) in [5, 5.41) is 21.5. The molecule has 1 saturated heterocycles. The van der Waals surface area contributed by atoms with Crippen LogP contribution in [0.1, 0.15) is 5.56 Å². The molecule has 1 aromatic carbocycles. The van der Waals surface area contributed by atoms with Crippen LogP contribution in [0.25, 0.3) is 0 Å². The molecular formula is C11H11BrN2O2. The average molecular weight is 283 g/mol. The van der Waals surface area contributed by atoms with Crippen molar-refractivity contribution in [1.29, 1.82) is 5.26 Å². The lowest BCUT2D eigenvalue weighted by molar-refractivity contribution is 0.125. The molecule has 1 aromatic rings. The maximum Gasteiger partial charge on any atom is 0.0996 e. The first-order chi connectivity index (χ1) is 7.70. The summed E-state index contributed by atoms with van der Waals surface area (Å²) in [7, 11) is 0. The Labute approximate surface area is 102 Å². The van der Waals surface area contributed by atoms with Crippen molar-refractivity contribution in [2.24, 2.45) is 0 Å². The molecule has 0 aromatic heterocycles. The molecule has 0 bridgehead atoms. The third kappa shape index (κ3) is 2.35. The Balaban J connectivity index is 2.13. The van der Waals surface area contributed by atoms with Gasteiger partial charge in [-0.1, -0.05) is 0 Å². The third-order valence-corrected chi connectivity index (χ3v) is 3.15. The van der Waals surface area contributed by atoms with Gasteiger partial charge in [-0.15, -0.1) is 0 Å². The van der Waals surface area contributed by atoms with Crippen LogP contribution in [0.5, 0.6) is 0 Å². The van der Waals surface area contributed by atoms with E-state index < -0.39 is 6.10 Å². The Bertz CT molecular complexity index is 430. The summed E-state index contributed by atoms with van der Waals surface area (Å²) in [6.07, 6.45) is -0.484. The maximum atomic E-state index is 9.59. The van der Waals surface area contributed by atoms with Gasteiger partial charge in [-0.25, -0.2) is 0 Å². The minimum absolute atomic E-state index is 0.0933. The first kappa shape index (κ1) is 11.4. The average Bonchev–Trinajstić information content (AvgIpc) is 2.67. The van der Waals surface area contributed by atoms with E-state index >= 15 is 0 Å². The summed E-state index contributed by atoms with van der Waals surface area (Å²) in [5.74, 6) is 0. The Hall–Kier alpha value is -1.09. The van der Waals surface area contributed by atoms with Crippen molar-refractivity contribution in [3.63, 3.8) is 0 Å². The molecule has 4 nitrogen and oxygen atoms in total. The van der Waals surface area contributed by atoms with E-state index in [1.165, 1.54) is 0 Å². The highest BCUT2D eigenvalue weighted by atomic mass is 79.9. The van der Waals surface area contributed by atoms with Crippen LogP contribution in [0.2, 0.25) is 0 Å². The van der Waals surface area contributed by atoms with Crippen molar-refractivity contribution in [2.75, 3.05) is 18.5 Å². The molecule has 0 aliphatic carbocycles. The van der Waals surface area contributed by atoms with Gasteiger partial charge in [0, 0.05) is 10.2 Å². The maximum absolute atomic E-state index is 9.59. The van der Waals surface area contributed by atoms with Gasteiger partial charge in [0.05, 0.1) is 37.0 Å². The smallest absolute Gasteiger partial charge is 0.0996 e. The van der Waals surface area contributed by atoms with E-state index in [-0.39, 0.29) is 6.04 Å². The lowest BCUT2D eigenvalue weighted by atomic mass is 10.2. The summed E-state index contributed by atoms with van der Waals surface area (Å²) in [4.78, 5) is 0. The number of nitrogens with one attached hydrogen (secondary N) is 1. The van der Waals surface area contributed by atoms with Crippen LogP contribution in [-0.4, -0.2) is 30.5 Å². The zero-order chi connectivity index (χ0) is 11.5. The zero-order valence-electron chi connectivity index (χ0n) is 8.48. The first-order valence-corrected chi connectivity index (χ1v) is 5.72. The van der Waals surface area contributed by atoms with Crippen LogP contribution in [-0.2, 0) is 4.74 Å².